The Morgan fingerprint density at radius 3 is 2.72 bits per heavy atom. The summed E-state index contributed by atoms with van der Waals surface area (Å²) in [6.45, 7) is 5.78. The van der Waals surface area contributed by atoms with Crippen LogP contribution in [0.25, 0.3) is 0 Å². The van der Waals surface area contributed by atoms with Gasteiger partial charge < -0.3 is 9.64 Å². The number of carbonyl (C=O) groups excluding carboxylic acids is 2. The van der Waals surface area contributed by atoms with Gasteiger partial charge in [0, 0.05) is 12.7 Å². The maximum atomic E-state index is 12.5. The summed E-state index contributed by atoms with van der Waals surface area (Å²) in [5.41, 5.74) is 1.93. The molecule has 4 nitrogen and oxygen atoms in total. The van der Waals surface area contributed by atoms with Crippen molar-refractivity contribution in [3.8, 4) is 0 Å². The topological polar surface area (TPSA) is 46.6 Å². The number of nitrogens with zero attached hydrogens (tertiary/aromatic N) is 1. The second kappa shape index (κ2) is 3.22. The van der Waals surface area contributed by atoms with Crippen molar-refractivity contribution in [2.45, 2.75) is 12.3 Å². The second-order valence-corrected chi connectivity index (χ2v) is 4.84. The number of anilines is 1. The number of amides is 1. The maximum Gasteiger partial charge on any atom is 0.335 e. The Morgan fingerprint density at radius 2 is 2.11 bits per heavy atom. The molecule has 0 aliphatic carbocycles. The minimum atomic E-state index is -1.01. The standard InChI is InChI=1S/C14H13NO3/c1-8-4-5-11-10(6-8)14(13(17)15(11)3)7-18-12(16)9(14)2/h4-6H,2,7H2,1,3H3/t14-/m1/s1. The summed E-state index contributed by atoms with van der Waals surface area (Å²) < 4.78 is 5.03. The molecule has 1 spiro atoms. The van der Waals surface area contributed by atoms with Crippen LogP contribution in [-0.4, -0.2) is 25.5 Å². The first-order chi connectivity index (χ1) is 8.48. The summed E-state index contributed by atoms with van der Waals surface area (Å²) >= 11 is 0. The molecule has 4 heteroatoms. The zero-order valence-corrected chi connectivity index (χ0v) is 10.3. The minimum absolute atomic E-state index is 0.0598. The molecule has 1 amide bonds. The van der Waals surface area contributed by atoms with Crippen LogP contribution in [0.1, 0.15) is 11.1 Å². The largest absolute Gasteiger partial charge is 0.460 e. The molecule has 2 heterocycles. The molecule has 0 radical (unpaired) electrons. The van der Waals surface area contributed by atoms with E-state index in [1.54, 1.807) is 11.9 Å². The van der Waals surface area contributed by atoms with Crippen molar-refractivity contribution in [2.24, 2.45) is 0 Å². The van der Waals surface area contributed by atoms with E-state index in [0.717, 1.165) is 16.8 Å². The minimum Gasteiger partial charge on any atom is -0.460 e. The third-order valence-electron chi connectivity index (χ3n) is 3.82. The molecule has 18 heavy (non-hydrogen) atoms. The van der Waals surface area contributed by atoms with Gasteiger partial charge in [-0.15, -0.1) is 0 Å². The van der Waals surface area contributed by atoms with Crippen molar-refractivity contribution in [2.75, 3.05) is 18.6 Å². The van der Waals surface area contributed by atoms with Crippen LogP contribution in [0.4, 0.5) is 5.69 Å². The van der Waals surface area contributed by atoms with Gasteiger partial charge in [0.15, 0.2) is 0 Å². The van der Waals surface area contributed by atoms with E-state index in [1.807, 2.05) is 25.1 Å². The van der Waals surface area contributed by atoms with E-state index in [1.165, 1.54) is 0 Å². The van der Waals surface area contributed by atoms with Crippen LogP contribution < -0.4 is 4.90 Å². The molecule has 1 atom stereocenters. The molecule has 1 aromatic rings. The van der Waals surface area contributed by atoms with E-state index in [-0.39, 0.29) is 18.1 Å². The van der Waals surface area contributed by atoms with Crippen LogP contribution in [0.15, 0.2) is 30.4 Å². The van der Waals surface area contributed by atoms with Gasteiger partial charge in [-0.1, -0.05) is 24.3 Å². The molecule has 1 fully saturated rings. The predicted molar refractivity (Wildman–Crippen MR) is 66.4 cm³/mol. The predicted octanol–water partition coefficient (Wildman–Crippen LogP) is 1.32. The summed E-state index contributed by atoms with van der Waals surface area (Å²) in [7, 11) is 1.71. The van der Waals surface area contributed by atoms with E-state index in [0.29, 0.717) is 0 Å². The fourth-order valence-corrected chi connectivity index (χ4v) is 2.75. The highest BCUT2D eigenvalue weighted by atomic mass is 16.5. The van der Waals surface area contributed by atoms with E-state index in [2.05, 4.69) is 6.58 Å². The number of hydrogen-bond acceptors (Lipinski definition) is 3. The Morgan fingerprint density at radius 1 is 1.39 bits per heavy atom. The lowest BCUT2D eigenvalue weighted by molar-refractivity contribution is -0.135. The zero-order valence-electron chi connectivity index (χ0n) is 10.3. The number of benzene rings is 1. The molecule has 2 aliphatic heterocycles. The average molecular weight is 243 g/mol. The average Bonchev–Trinajstić information content (AvgIpc) is 2.75. The first-order valence-corrected chi connectivity index (χ1v) is 5.74. The molecular formula is C14H13NO3. The first kappa shape index (κ1) is 11.0. The Labute approximate surface area is 105 Å². The lowest BCUT2D eigenvalue weighted by Crippen LogP contribution is -2.40. The van der Waals surface area contributed by atoms with E-state index in [4.69, 9.17) is 4.74 Å². The fourth-order valence-electron chi connectivity index (χ4n) is 2.75. The summed E-state index contributed by atoms with van der Waals surface area (Å²) in [4.78, 5) is 25.6. The van der Waals surface area contributed by atoms with Crippen molar-refractivity contribution < 1.29 is 14.3 Å². The third-order valence-corrected chi connectivity index (χ3v) is 3.82. The third kappa shape index (κ3) is 1.05. The Bertz CT molecular complexity index is 605. The van der Waals surface area contributed by atoms with Gasteiger partial charge >= 0.3 is 5.97 Å². The van der Waals surface area contributed by atoms with Gasteiger partial charge in [-0.05, 0) is 18.6 Å². The molecule has 0 unspecified atom stereocenters. The molecule has 0 bridgehead atoms. The fraction of sp³-hybridized carbons (Fsp3) is 0.286. The lowest BCUT2D eigenvalue weighted by Gasteiger charge is -2.19. The van der Waals surface area contributed by atoms with Gasteiger partial charge in [-0.3, -0.25) is 4.79 Å². The summed E-state index contributed by atoms with van der Waals surface area (Å²) in [6.07, 6.45) is 0. The van der Waals surface area contributed by atoms with E-state index >= 15 is 0 Å². The highest BCUT2D eigenvalue weighted by molar-refractivity contribution is 6.16. The monoisotopic (exact) mass is 243 g/mol. The number of aryl methyl sites for hydroxylation is 1. The number of hydrogen-bond donors (Lipinski definition) is 0. The number of likely N-dealkylation sites (N-methyl/N-ethyl adjacent to an activating group) is 1. The highest BCUT2D eigenvalue weighted by Gasteiger charge is 2.58. The number of rotatable bonds is 0. The number of cyclic esters (lactones) is 1. The van der Waals surface area contributed by atoms with Crippen molar-refractivity contribution in [3.05, 3.63) is 41.5 Å². The normalized spacial score (nSPS) is 25.9. The number of ether oxygens (including phenoxy) is 1. The number of carbonyl (C=O) groups is 2. The molecule has 0 N–H and O–H groups in total. The van der Waals surface area contributed by atoms with Crippen LogP contribution >= 0.6 is 0 Å². The van der Waals surface area contributed by atoms with Crippen molar-refractivity contribution in [1.82, 2.24) is 0 Å². The zero-order chi connectivity index (χ0) is 13.1. The summed E-state index contributed by atoms with van der Waals surface area (Å²) in [5.74, 6) is -0.620. The second-order valence-electron chi connectivity index (χ2n) is 4.84. The Balaban J connectivity index is 2.30. The highest BCUT2D eigenvalue weighted by Crippen LogP contribution is 2.48. The van der Waals surface area contributed by atoms with Crippen LogP contribution in [0, 0.1) is 6.92 Å². The number of esters is 1. The summed E-state index contributed by atoms with van der Waals surface area (Å²) in [6, 6.07) is 5.78. The van der Waals surface area contributed by atoms with Gasteiger partial charge in [-0.25, -0.2) is 4.79 Å². The van der Waals surface area contributed by atoms with Crippen LogP contribution in [0.2, 0.25) is 0 Å². The Hall–Kier alpha value is -2.10. The van der Waals surface area contributed by atoms with Gasteiger partial charge in [0.05, 0.1) is 5.57 Å². The van der Waals surface area contributed by atoms with Gasteiger partial charge in [-0.2, -0.15) is 0 Å². The molecule has 0 aromatic heterocycles. The lowest BCUT2D eigenvalue weighted by atomic mass is 9.77. The van der Waals surface area contributed by atoms with Crippen molar-refractivity contribution >= 4 is 17.6 Å². The number of fused-ring (bicyclic) bond motifs is 2. The molecule has 0 saturated carbocycles. The maximum absolute atomic E-state index is 12.5. The van der Waals surface area contributed by atoms with Gasteiger partial charge in [0.25, 0.3) is 0 Å². The molecule has 3 rings (SSSR count). The molecule has 1 aromatic carbocycles. The van der Waals surface area contributed by atoms with Crippen molar-refractivity contribution in [3.63, 3.8) is 0 Å². The Kier molecular flexibility index (Phi) is 1.97. The smallest absolute Gasteiger partial charge is 0.335 e. The summed E-state index contributed by atoms with van der Waals surface area (Å²) in [5, 5.41) is 0. The first-order valence-electron chi connectivity index (χ1n) is 5.74. The van der Waals surface area contributed by atoms with Crippen LogP contribution in [0.3, 0.4) is 0 Å². The van der Waals surface area contributed by atoms with Crippen LogP contribution in [-0.2, 0) is 19.7 Å². The SMILES string of the molecule is C=C1C(=O)OC[C@@]12C(=O)N(C)c1ccc(C)cc12. The van der Waals surface area contributed by atoms with E-state index < -0.39 is 11.4 Å². The molecular weight excluding hydrogens is 230 g/mol. The molecule has 2 aliphatic rings. The van der Waals surface area contributed by atoms with Gasteiger partial charge in [0.1, 0.15) is 12.0 Å². The van der Waals surface area contributed by atoms with Crippen LogP contribution in [0.5, 0.6) is 0 Å². The van der Waals surface area contributed by atoms with Gasteiger partial charge in [0.2, 0.25) is 5.91 Å². The van der Waals surface area contributed by atoms with Crippen molar-refractivity contribution in [1.29, 1.82) is 0 Å². The van der Waals surface area contributed by atoms with E-state index in [9.17, 15) is 9.59 Å². The quantitative estimate of drug-likeness (QED) is 0.510. The molecule has 1 saturated heterocycles. The molecule has 92 valence electrons.